The number of hydrogen-bond donors (Lipinski definition) is 1. The van der Waals surface area contributed by atoms with Crippen molar-refractivity contribution in [2.45, 2.75) is 89.0 Å². The fourth-order valence-electron chi connectivity index (χ4n) is 10.5. The Labute approximate surface area is 369 Å². The zero-order chi connectivity index (χ0) is 43.5. The third-order valence-electron chi connectivity index (χ3n) is 13.9. The second-order valence-corrected chi connectivity index (χ2v) is 17.8. The van der Waals surface area contributed by atoms with Gasteiger partial charge in [0.1, 0.15) is 6.04 Å². The quantitative estimate of drug-likeness (QED) is 0.190. The highest BCUT2D eigenvalue weighted by molar-refractivity contribution is 6.02. The van der Waals surface area contributed by atoms with Crippen LogP contribution in [0.15, 0.2) is 76.7 Å². The van der Waals surface area contributed by atoms with Gasteiger partial charge in [0.25, 0.3) is 0 Å². The zero-order valence-electron chi connectivity index (χ0n) is 36.3. The van der Waals surface area contributed by atoms with E-state index in [1.807, 2.05) is 15.9 Å². The van der Waals surface area contributed by atoms with Gasteiger partial charge in [-0.3, -0.25) is 24.4 Å². The average Bonchev–Trinajstić information content (AvgIpc) is 4.16. The van der Waals surface area contributed by atoms with E-state index in [2.05, 4.69) is 70.9 Å². The number of hydrogen-bond acceptors (Lipinski definition) is 11. The second kappa shape index (κ2) is 19.0. The number of likely N-dealkylation sites (tertiary alicyclic amines) is 2. The number of ether oxygens (including phenoxy) is 4. The van der Waals surface area contributed by atoms with Crippen LogP contribution in [-0.4, -0.2) is 117 Å². The van der Waals surface area contributed by atoms with Crippen LogP contribution in [0.1, 0.15) is 67.2 Å². The Hall–Kier alpha value is -5.60. The number of methoxy groups -OCH3 is 2. The van der Waals surface area contributed by atoms with Gasteiger partial charge in [-0.15, -0.1) is 0 Å². The number of benzene rings is 3. The summed E-state index contributed by atoms with van der Waals surface area (Å²) in [7, 11) is 2.69. The van der Waals surface area contributed by atoms with Crippen molar-refractivity contribution in [2.75, 3.05) is 58.6 Å². The Kier molecular flexibility index (Phi) is 12.9. The third kappa shape index (κ3) is 9.24. The van der Waals surface area contributed by atoms with E-state index < -0.39 is 18.1 Å². The summed E-state index contributed by atoms with van der Waals surface area (Å²) < 4.78 is 21.1. The summed E-state index contributed by atoms with van der Waals surface area (Å²) in [5.74, 6) is -1.01. The molecule has 0 aromatic heterocycles. The van der Waals surface area contributed by atoms with E-state index in [0.29, 0.717) is 71.9 Å². The molecule has 6 aliphatic rings. The van der Waals surface area contributed by atoms with Crippen LogP contribution in [0.3, 0.4) is 0 Å². The van der Waals surface area contributed by atoms with Crippen molar-refractivity contribution in [2.24, 2.45) is 27.7 Å². The van der Waals surface area contributed by atoms with E-state index in [4.69, 9.17) is 28.9 Å². The van der Waals surface area contributed by atoms with E-state index in [1.54, 1.807) is 0 Å². The van der Waals surface area contributed by atoms with Crippen LogP contribution in [0.25, 0.3) is 0 Å². The number of aliphatic imine (C=N–C) groups is 2. The van der Waals surface area contributed by atoms with Crippen molar-refractivity contribution in [3.8, 4) is 0 Å². The fraction of sp³-hybridized carbons (Fsp3) is 0.510. The Bertz CT molecular complexity index is 2110. The van der Waals surface area contributed by atoms with Crippen LogP contribution < -0.4 is 10.2 Å². The van der Waals surface area contributed by atoms with Gasteiger partial charge in [0.2, 0.25) is 11.8 Å². The molecule has 14 heteroatoms. The number of para-hydroxylation sites is 1. The standard InChI is InChI=1S/C49H58N6O8/c1-60-45(56)26-38(35-16-20-62-29-35)47(57)54-18-6-10-43(54)41-24-33-14-12-31(22-39(33)50-41)27-53(37-8-4-3-5-9-37)28-32-13-15-34-25-42(51-40(34)23-32)44-11-7-19-55(44)48(58)46(52-49(59)61-2)36-17-21-63-30-36/h3-5,8-9,12-15,22-23,35-36,38,43-44,46H,6-7,10-11,16-21,24-30H2,1-2H3,(H,52,59)/t35?,36?,38-,43-,44-,46-/m0/s1. The monoisotopic (exact) mass is 858 g/mol. The van der Waals surface area contributed by atoms with Crippen molar-refractivity contribution in [3.63, 3.8) is 0 Å². The van der Waals surface area contributed by atoms with E-state index in [9.17, 15) is 19.2 Å². The van der Waals surface area contributed by atoms with E-state index in [0.717, 1.165) is 82.8 Å². The number of carbonyl (C=O) groups is 4. The Morgan fingerprint density at radius 3 is 1.84 bits per heavy atom. The molecule has 6 atom stereocenters. The number of nitrogens with zero attached hydrogens (tertiary/aromatic N) is 5. The first-order valence-electron chi connectivity index (χ1n) is 22.6. The maximum Gasteiger partial charge on any atom is 0.407 e. The number of esters is 1. The number of carbonyl (C=O) groups excluding carboxylic acids is 4. The van der Waals surface area contributed by atoms with Gasteiger partial charge in [-0.2, -0.15) is 0 Å². The summed E-state index contributed by atoms with van der Waals surface area (Å²) in [5, 5.41) is 2.81. The van der Waals surface area contributed by atoms with Crippen molar-refractivity contribution in [1.82, 2.24) is 15.1 Å². The summed E-state index contributed by atoms with van der Waals surface area (Å²) in [5.41, 5.74) is 9.57. The predicted octanol–water partition coefficient (Wildman–Crippen LogP) is 6.11. The number of rotatable bonds is 14. The normalized spacial score (nSPS) is 23.5. The number of anilines is 1. The van der Waals surface area contributed by atoms with E-state index in [-0.39, 0.29) is 48.1 Å². The lowest BCUT2D eigenvalue weighted by atomic mass is 9.87. The lowest BCUT2D eigenvalue weighted by molar-refractivity contribution is -0.148. The second-order valence-electron chi connectivity index (χ2n) is 17.8. The average molecular weight is 859 g/mol. The molecule has 1 N–H and O–H groups in total. The van der Waals surface area contributed by atoms with Gasteiger partial charge in [-0.05, 0) is 91.0 Å². The van der Waals surface area contributed by atoms with Crippen LogP contribution in [0.5, 0.6) is 0 Å². The number of amides is 3. The maximum absolute atomic E-state index is 14.1. The van der Waals surface area contributed by atoms with Crippen LogP contribution in [0, 0.1) is 17.8 Å². The summed E-state index contributed by atoms with van der Waals surface area (Å²) in [6.45, 7) is 4.68. The molecule has 4 fully saturated rings. The summed E-state index contributed by atoms with van der Waals surface area (Å²) >= 11 is 0. The van der Waals surface area contributed by atoms with Gasteiger partial charge in [-0.25, -0.2) is 4.79 Å². The minimum atomic E-state index is -0.705. The van der Waals surface area contributed by atoms with Crippen LogP contribution in [0.2, 0.25) is 0 Å². The van der Waals surface area contributed by atoms with Crippen molar-refractivity contribution in [3.05, 3.63) is 89.0 Å². The van der Waals surface area contributed by atoms with Gasteiger partial charge in [0.15, 0.2) is 0 Å². The largest absolute Gasteiger partial charge is 0.469 e. The van der Waals surface area contributed by atoms with Gasteiger partial charge in [0.05, 0.1) is 63.2 Å². The Morgan fingerprint density at radius 1 is 0.730 bits per heavy atom. The first-order valence-corrected chi connectivity index (χ1v) is 22.6. The highest BCUT2D eigenvalue weighted by atomic mass is 16.5. The van der Waals surface area contributed by atoms with Gasteiger partial charge >= 0.3 is 12.1 Å². The molecule has 14 nitrogen and oxygen atoms in total. The minimum absolute atomic E-state index is 0.00698. The first kappa shape index (κ1) is 42.7. The van der Waals surface area contributed by atoms with E-state index >= 15 is 0 Å². The molecule has 2 unspecified atom stereocenters. The fourth-order valence-corrected chi connectivity index (χ4v) is 10.5. The number of alkyl carbamates (subject to hydrolysis) is 1. The van der Waals surface area contributed by atoms with Gasteiger partial charge in [-0.1, -0.05) is 42.5 Å². The van der Waals surface area contributed by atoms with Crippen molar-refractivity contribution >= 4 is 52.4 Å². The molecule has 0 bridgehead atoms. The van der Waals surface area contributed by atoms with Crippen LogP contribution in [0.4, 0.5) is 21.9 Å². The van der Waals surface area contributed by atoms with E-state index in [1.165, 1.54) is 14.2 Å². The molecule has 9 rings (SSSR count). The first-order chi connectivity index (χ1) is 30.8. The highest BCUT2D eigenvalue weighted by Gasteiger charge is 2.43. The molecule has 3 aromatic carbocycles. The molecule has 3 aromatic rings. The molecule has 4 saturated heterocycles. The van der Waals surface area contributed by atoms with Crippen LogP contribution >= 0.6 is 0 Å². The third-order valence-corrected chi connectivity index (χ3v) is 13.9. The zero-order valence-corrected chi connectivity index (χ0v) is 36.3. The minimum Gasteiger partial charge on any atom is -0.469 e. The Balaban J connectivity index is 0.899. The van der Waals surface area contributed by atoms with Crippen LogP contribution in [-0.2, 0) is 59.3 Å². The molecular weight excluding hydrogens is 801 g/mol. The van der Waals surface area contributed by atoms with Crippen molar-refractivity contribution < 1.29 is 38.1 Å². The molecule has 0 aliphatic carbocycles. The maximum atomic E-state index is 14.1. The molecule has 0 radical (unpaired) electrons. The summed E-state index contributed by atoms with van der Waals surface area (Å²) in [6.07, 6.45) is 5.77. The van der Waals surface area contributed by atoms with Crippen molar-refractivity contribution in [1.29, 1.82) is 0 Å². The van der Waals surface area contributed by atoms with Gasteiger partial charge in [0, 0.05) is 75.3 Å². The summed E-state index contributed by atoms with van der Waals surface area (Å²) in [6, 6.07) is 22.6. The molecule has 332 valence electrons. The Morgan fingerprint density at radius 2 is 1.30 bits per heavy atom. The molecule has 3 amide bonds. The molecule has 63 heavy (non-hydrogen) atoms. The molecular formula is C49H58N6O8. The lowest BCUT2D eigenvalue weighted by Crippen LogP contribution is -2.54. The predicted molar refractivity (Wildman–Crippen MR) is 238 cm³/mol. The molecule has 0 saturated carbocycles. The molecule has 6 aliphatic heterocycles. The molecule has 6 heterocycles. The number of fused-ring (bicyclic) bond motifs is 2. The molecule has 0 spiro atoms. The topological polar surface area (TPSA) is 152 Å². The van der Waals surface area contributed by atoms with Gasteiger partial charge < -0.3 is 39.0 Å². The SMILES string of the molecule is COC(=O)C[C@H](C(=O)N1CCC[C@H]1C1=Nc2cc(CN(Cc3ccc4c(c3)N=C([C@@H]3CCCN3C(=O)[C@@H](NC(=O)OC)C3CCOC3)C4)c3ccccc3)ccc2C1)C1CCOC1. The number of nitrogens with one attached hydrogen (secondary N) is 1. The lowest BCUT2D eigenvalue weighted by Gasteiger charge is -2.31. The summed E-state index contributed by atoms with van der Waals surface area (Å²) in [4.78, 5) is 69.5. The smallest absolute Gasteiger partial charge is 0.407 e. The highest BCUT2D eigenvalue weighted by Crippen LogP contribution is 2.37.